The number of piperidine rings is 1. The molecule has 1 aromatic heterocycles. The third-order valence-electron chi connectivity index (χ3n) is 7.78. The van der Waals surface area contributed by atoms with Gasteiger partial charge in [0, 0.05) is 43.3 Å². The van der Waals surface area contributed by atoms with Gasteiger partial charge < -0.3 is 19.6 Å². The number of aromatic nitrogens is 1. The van der Waals surface area contributed by atoms with Crippen LogP contribution < -0.4 is 14.5 Å². The average Bonchev–Trinajstić information content (AvgIpc) is 3.32. The molecule has 10 heteroatoms. The molecular weight excluding hydrogens is 551 g/mol. The zero-order valence-corrected chi connectivity index (χ0v) is 24.2. The van der Waals surface area contributed by atoms with Crippen molar-refractivity contribution in [3.8, 4) is 5.75 Å². The van der Waals surface area contributed by atoms with Crippen LogP contribution in [0.25, 0.3) is 0 Å². The van der Waals surface area contributed by atoms with Gasteiger partial charge in [0.25, 0.3) is 0 Å². The summed E-state index contributed by atoms with van der Waals surface area (Å²) in [5.74, 6) is 0.235. The van der Waals surface area contributed by atoms with Gasteiger partial charge in [-0.2, -0.15) is 0 Å². The molecule has 1 fully saturated rings. The summed E-state index contributed by atoms with van der Waals surface area (Å²) in [6, 6.07) is 14.1. The molecule has 0 bridgehead atoms. The normalized spacial score (nSPS) is 16.9. The summed E-state index contributed by atoms with van der Waals surface area (Å²) in [7, 11) is 1.78. The summed E-state index contributed by atoms with van der Waals surface area (Å²) in [6.07, 6.45) is 1.60. The number of pyridine rings is 1. The van der Waals surface area contributed by atoms with Crippen LogP contribution in [0.2, 0.25) is 10.0 Å². The van der Waals surface area contributed by atoms with Gasteiger partial charge in [-0.15, -0.1) is 0 Å². The Hall–Kier alpha value is -3.49. The molecule has 210 valence electrons. The van der Waals surface area contributed by atoms with E-state index in [4.69, 9.17) is 33.0 Å². The van der Waals surface area contributed by atoms with Crippen LogP contribution in [0, 0.1) is 13.8 Å². The van der Waals surface area contributed by atoms with Gasteiger partial charge in [-0.1, -0.05) is 35.3 Å². The van der Waals surface area contributed by atoms with E-state index in [9.17, 15) is 9.59 Å². The molecule has 1 N–H and O–H groups in total. The third-order valence-corrected chi connectivity index (χ3v) is 8.39. The number of carbonyl (C=O) groups excluding carboxylic acids is 1. The highest BCUT2D eigenvalue weighted by Crippen LogP contribution is 2.41. The number of halogens is 2. The molecule has 1 atom stereocenters. The van der Waals surface area contributed by atoms with E-state index in [0.717, 1.165) is 67.0 Å². The fourth-order valence-electron chi connectivity index (χ4n) is 5.96. The van der Waals surface area contributed by atoms with Gasteiger partial charge >= 0.3 is 12.2 Å². The minimum atomic E-state index is -1.37. The van der Waals surface area contributed by atoms with E-state index in [0.29, 0.717) is 15.7 Å². The lowest BCUT2D eigenvalue weighted by Crippen LogP contribution is -2.52. The SMILES string of the molecule is Cc1cc(N2CCC(N(C(=O)N(C)C3CCc4ccc(OC(=O)O)cc43)c3c(Cl)cccc3Cl)CC2)cc(C)n1. The quantitative estimate of drug-likeness (QED) is 0.251. The van der Waals surface area contributed by atoms with E-state index in [1.54, 1.807) is 47.2 Å². The molecule has 5 rings (SSSR count). The molecule has 0 saturated carbocycles. The Morgan fingerprint density at radius 2 is 1.65 bits per heavy atom. The van der Waals surface area contributed by atoms with Gasteiger partial charge in [0.15, 0.2) is 0 Å². The lowest BCUT2D eigenvalue weighted by Gasteiger charge is -2.42. The van der Waals surface area contributed by atoms with E-state index in [1.165, 1.54) is 0 Å². The van der Waals surface area contributed by atoms with E-state index < -0.39 is 6.16 Å². The van der Waals surface area contributed by atoms with E-state index >= 15 is 0 Å². The number of nitrogens with zero attached hydrogens (tertiary/aromatic N) is 4. The molecule has 40 heavy (non-hydrogen) atoms. The summed E-state index contributed by atoms with van der Waals surface area (Å²) in [4.78, 5) is 35.7. The lowest BCUT2D eigenvalue weighted by molar-refractivity contribution is 0.144. The van der Waals surface area contributed by atoms with E-state index in [2.05, 4.69) is 22.0 Å². The number of hydrogen-bond acceptors (Lipinski definition) is 5. The Labute approximate surface area is 244 Å². The number of aryl methyl sites for hydroxylation is 3. The van der Waals surface area contributed by atoms with Crippen molar-refractivity contribution >= 4 is 46.8 Å². The second-order valence-electron chi connectivity index (χ2n) is 10.4. The average molecular weight is 584 g/mol. The predicted octanol–water partition coefficient (Wildman–Crippen LogP) is 7.28. The summed E-state index contributed by atoms with van der Waals surface area (Å²) in [5.41, 5.74) is 5.56. The Bertz CT molecular complexity index is 1400. The molecule has 3 aromatic rings. The monoisotopic (exact) mass is 582 g/mol. The Kier molecular flexibility index (Phi) is 8.10. The number of para-hydroxylation sites is 1. The first-order chi connectivity index (χ1) is 19.1. The summed E-state index contributed by atoms with van der Waals surface area (Å²) in [5, 5.41) is 9.90. The number of ether oxygens (including phenoxy) is 1. The van der Waals surface area contributed by atoms with Crippen LogP contribution in [0.4, 0.5) is 21.0 Å². The van der Waals surface area contributed by atoms with Gasteiger partial charge in [0.05, 0.1) is 21.8 Å². The van der Waals surface area contributed by atoms with Crippen molar-refractivity contribution in [3.05, 3.63) is 81.1 Å². The van der Waals surface area contributed by atoms with Crippen LogP contribution in [0.3, 0.4) is 0 Å². The van der Waals surface area contributed by atoms with Crippen LogP contribution >= 0.6 is 23.2 Å². The maximum atomic E-state index is 14.3. The van der Waals surface area contributed by atoms with Gasteiger partial charge in [0.2, 0.25) is 0 Å². The molecule has 1 unspecified atom stereocenters. The number of anilines is 2. The van der Waals surface area contributed by atoms with Crippen molar-refractivity contribution in [2.75, 3.05) is 29.9 Å². The van der Waals surface area contributed by atoms with Crippen molar-refractivity contribution in [1.82, 2.24) is 9.88 Å². The van der Waals surface area contributed by atoms with Crippen LogP contribution in [-0.4, -0.2) is 53.4 Å². The van der Waals surface area contributed by atoms with Crippen LogP contribution in [-0.2, 0) is 6.42 Å². The topological polar surface area (TPSA) is 86.2 Å². The second-order valence-corrected chi connectivity index (χ2v) is 11.3. The zero-order valence-electron chi connectivity index (χ0n) is 22.7. The number of rotatable bonds is 5. The fourth-order valence-corrected chi connectivity index (χ4v) is 6.54. The van der Waals surface area contributed by atoms with Crippen molar-refractivity contribution in [3.63, 3.8) is 0 Å². The third kappa shape index (κ3) is 5.69. The molecule has 2 amide bonds. The van der Waals surface area contributed by atoms with Crippen molar-refractivity contribution in [1.29, 1.82) is 0 Å². The highest BCUT2D eigenvalue weighted by molar-refractivity contribution is 6.39. The first-order valence-electron chi connectivity index (χ1n) is 13.4. The van der Waals surface area contributed by atoms with E-state index in [-0.39, 0.29) is 23.9 Å². The summed E-state index contributed by atoms with van der Waals surface area (Å²) in [6.45, 7) is 5.53. The number of hydrogen-bond donors (Lipinski definition) is 1. The highest BCUT2D eigenvalue weighted by atomic mass is 35.5. The standard InChI is InChI=1S/C30H32Cl2N4O4/c1-18-15-22(16-19(2)33-18)35-13-11-21(12-14-35)36(28-25(31)5-4-6-26(28)32)29(37)34(3)27-10-8-20-7-9-23(17-24(20)27)40-30(38)39/h4-7,9,15-17,21,27H,8,10-14H2,1-3H3,(H,38,39). The van der Waals surface area contributed by atoms with Crippen LogP contribution in [0.15, 0.2) is 48.5 Å². The number of carboxylic acid groups (broad SMARTS) is 1. The smallest absolute Gasteiger partial charge is 0.449 e. The number of urea groups is 1. The first kappa shape index (κ1) is 28.1. The van der Waals surface area contributed by atoms with Gasteiger partial charge in [0.1, 0.15) is 5.75 Å². The van der Waals surface area contributed by atoms with Gasteiger partial charge in [-0.05, 0) is 87.1 Å². The second kappa shape index (κ2) is 11.6. The zero-order chi connectivity index (χ0) is 28.6. The Morgan fingerprint density at radius 1 is 1.00 bits per heavy atom. The summed E-state index contributed by atoms with van der Waals surface area (Å²) < 4.78 is 4.89. The molecule has 8 nitrogen and oxygen atoms in total. The largest absolute Gasteiger partial charge is 0.511 e. The van der Waals surface area contributed by atoms with Gasteiger partial charge in [-0.25, -0.2) is 9.59 Å². The molecule has 0 radical (unpaired) electrons. The number of amides is 2. The Balaban J connectivity index is 1.43. The molecular formula is C30H32Cl2N4O4. The lowest BCUT2D eigenvalue weighted by atomic mass is 10.0. The maximum absolute atomic E-state index is 14.3. The first-order valence-corrected chi connectivity index (χ1v) is 14.1. The number of benzene rings is 2. The highest BCUT2D eigenvalue weighted by Gasteiger charge is 2.37. The van der Waals surface area contributed by atoms with Gasteiger partial charge in [-0.3, -0.25) is 9.88 Å². The molecule has 2 heterocycles. The van der Waals surface area contributed by atoms with Crippen molar-refractivity contribution in [2.45, 2.75) is 51.6 Å². The molecule has 1 aliphatic carbocycles. The molecule has 0 spiro atoms. The van der Waals surface area contributed by atoms with E-state index in [1.807, 2.05) is 19.9 Å². The summed E-state index contributed by atoms with van der Waals surface area (Å²) >= 11 is 13.4. The predicted molar refractivity (Wildman–Crippen MR) is 157 cm³/mol. The Morgan fingerprint density at radius 3 is 2.27 bits per heavy atom. The number of carbonyl (C=O) groups is 2. The maximum Gasteiger partial charge on any atom is 0.511 e. The van der Waals surface area contributed by atoms with Crippen molar-refractivity contribution < 1.29 is 19.4 Å². The minimum Gasteiger partial charge on any atom is -0.449 e. The van der Waals surface area contributed by atoms with Crippen LogP contribution in [0.1, 0.15) is 47.8 Å². The molecule has 2 aromatic carbocycles. The molecule has 2 aliphatic rings. The minimum absolute atomic E-state index is 0.116. The number of fused-ring (bicyclic) bond motifs is 1. The molecule has 1 saturated heterocycles. The fraction of sp³-hybridized carbons (Fsp3) is 0.367. The van der Waals surface area contributed by atoms with Crippen LogP contribution in [0.5, 0.6) is 5.75 Å². The van der Waals surface area contributed by atoms with Crippen molar-refractivity contribution in [2.24, 2.45) is 0 Å². The molecule has 1 aliphatic heterocycles.